The van der Waals surface area contributed by atoms with Crippen molar-refractivity contribution in [3.63, 3.8) is 0 Å². The van der Waals surface area contributed by atoms with E-state index in [9.17, 15) is 13.5 Å². The molecule has 4 rings (SSSR count). The van der Waals surface area contributed by atoms with Gasteiger partial charge in [0.15, 0.2) is 0 Å². The summed E-state index contributed by atoms with van der Waals surface area (Å²) in [5.41, 5.74) is -0.253. The van der Waals surface area contributed by atoms with Gasteiger partial charge in [-0.2, -0.15) is 4.31 Å². The zero-order valence-electron chi connectivity index (χ0n) is 16.7. The van der Waals surface area contributed by atoms with Crippen LogP contribution in [-0.4, -0.2) is 45.1 Å². The molecular formula is C22H27NO5S. The van der Waals surface area contributed by atoms with E-state index in [1.807, 2.05) is 24.3 Å². The van der Waals surface area contributed by atoms with Crippen LogP contribution < -0.4 is 9.47 Å². The van der Waals surface area contributed by atoms with Crippen LogP contribution in [0, 0.1) is 11.8 Å². The van der Waals surface area contributed by atoms with Gasteiger partial charge in [0, 0.05) is 19.0 Å². The van der Waals surface area contributed by atoms with Gasteiger partial charge in [-0.1, -0.05) is 12.1 Å². The summed E-state index contributed by atoms with van der Waals surface area (Å²) in [5, 5.41) is 11.7. The lowest BCUT2D eigenvalue weighted by molar-refractivity contribution is -0.0641. The van der Waals surface area contributed by atoms with Gasteiger partial charge < -0.3 is 14.6 Å². The van der Waals surface area contributed by atoms with E-state index < -0.39 is 15.6 Å². The van der Waals surface area contributed by atoms with Crippen molar-refractivity contribution < 1.29 is 23.0 Å². The fourth-order valence-electron chi connectivity index (χ4n) is 4.83. The quantitative estimate of drug-likeness (QED) is 0.809. The molecule has 3 atom stereocenters. The van der Waals surface area contributed by atoms with Gasteiger partial charge in [-0.05, 0) is 67.1 Å². The number of fused-ring (bicyclic) bond motifs is 1. The number of methoxy groups -OCH3 is 2. The Hall–Kier alpha value is -2.09. The van der Waals surface area contributed by atoms with Crippen LogP contribution in [-0.2, 0) is 15.6 Å². The maximum absolute atomic E-state index is 13.2. The van der Waals surface area contributed by atoms with E-state index in [2.05, 4.69) is 0 Å². The SMILES string of the molecule is COc1ccc(S(=O)(=O)N2C[C@@H]3CCC[C@@](O)(c4cccc(OC)c4)[C@@H]3C2)cc1. The van der Waals surface area contributed by atoms with Crippen LogP contribution in [0.3, 0.4) is 0 Å². The first-order valence-electron chi connectivity index (χ1n) is 9.89. The van der Waals surface area contributed by atoms with Crippen LogP contribution >= 0.6 is 0 Å². The summed E-state index contributed by atoms with van der Waals surface area (Å²) in [6, 6.07) is 14.0. The van der Waals surface area contributed by atoms with E-state index in [0.717, 1.165) is 18.4 Å². The average Bonchev–Trinajstić information content (AvgIpc) is 3.21. The van der Waals surface area contributed by atoms with Crippen molar-refractivity contribution in [2.45, 2.75) is 29.8 Å². The molecule has 2 fully saturated rings. The van der Waals surface area contributed by atoms with E-state index in [0.29, 0.717) is 31.0 Å². The largest absolute Gasteiger partial charge is 0.497 e. The minimum atomic E-state index is -3.63. The molecule has 0 amide bonds. The summed E-state index contributed by atoms with van der Waals surface area (Å²) >= 11 is 0. The number of nitrogens with zero attached hydrogens (tertiary/aromatic N) is 1. The van der Waals surface area contributed by atoms with Crippen LogP contribution in [0.1, 0.15) is 24.8 Å². The van der Waals surface area contributed by atoms with E-state index in [1.54, 1.807) is 38.5 Å². The van der Waals surface area contributed by atoms with Gasteiger partial charge in [-0.25, -0.2) is 8.42 Å². The molecule has 29 heavy (non-hydrogen) atoms. The highest BCUT2D eigenvalue weighted by Gasteiger charge is 2.52. The predicted octanol–water partition coefficient (Wildman–Crippen LogP) is 3.01. The minimum Gasteiger partial charge on any atom is -0.497 e. The molecule has 7 heteroatoms. The molecule has 2 aliphatic rings. The van der Waals surface area contributed by atoms with E-state index in [1.165, 1.54) is 4.31 Å². The summed E-state index contributed by atoms with van der Waals surface area (Å²) in [7, 11) is -0.473. The number of hydrogen-bond acceptors (Lipinski definition) is 5. The van der Waals surface area contributed by atoms with E-state index in [4.69, 9.17) is 9.47 Å². The zero-order chi connectivity index (χ0) is 20.6. The van der Waals surface area contributed by atoms with Crippen molar-refractivity contribution in [3.8, 4) is 11.5 Å². The van der Waals surface area contributed by atoms with Crippen LogP contribution in [0.15, 0.2) is 53.4 Å². The molecule has 1 aliphatic carbocycles. The first-order valence-corrected chi connectivity index (χ1v) is 11.3. The maximum Gasteiger partial charge on any atom is 0.243 e. The second kappa shape index (κ2) is 7.63. The number of rotatable bonds is 5. The smallest absolute Gasteiger partial charge is 0.243 e. The Morgan fingerprint density at radius 3 is 2.45 bits per heavy atom. The van der Waals surface area contributed by atoms with Gasteiger partial charge in [-0.15, -0.1) is 0 Å². The number of aliphatic hydroxyl groups is 1. The van der Waals surface area contributed by atoms with E-state index in [-0.39, 0.29) is 16.7 Å². The molecule has 0 bridgehead atoms. The number of ether oxygens (including phenoxy) is 2. The summed E-state index contributed by atoms with van der Waals surface area (Å²) in [5.74, 6) is 1.30. The Labute approximate surface area is 172 Å². The van der Waals surface area contributed by atoms with Gasteiger partial charge in [0.25, 0.3) is 0 Å². The molecule has 1 N–H and O–H groups in total. The molecule has 1 saturated carbocycles. The van der Waals surface area contributed by atoms with Crippen molar-refractivity contribution in [2.75, 3.05) is 27.3 Å². The zero-order valence-corrected chi connectivity index (χ0v) is 17.6. The molecule has 1 aliphatic heterocycles. The summed E-state index contributed by atoms with van der Waals surface area (Å²) in [6.45, 7) is 0.748. The first-order chi connectivity index (χ1) is 13.9. The molecule has 6 nitrogen and oxygen atoms in total. The summed E-state index contributed by atoms with van der Waals surface area (Å²) in [4.78, 5) is 0.252. The van der Waals surface area contributed by atoms with Crippen molar-refractivity contribution in [3.05, 3.63) is 54.1 Å². The van der Waals surface area contributed by atoms with Gasteiger partial charge in [-0.3, -0.25) is 0 Å². The molecule has 0 aromatic heterocycles. The molecule has 0 unspecified atom stereocenters. The van der Waals surface area contributed by atoms with Gasteiger partial charge in [0.2, 0.25) is 10.0 Å². The lowest BCUT2D eigenvalue weighted by atomic mass is 9.67. The fourth-order valence-corrected chi connectivity index (χ4v) is 6.35. The van der Waals surface area contributed by atoms with Crippen LogP contribution in [0.2, 0.25) is 0 Å². The molecule has 156 valence electrons. The third-order valence-electron chi connectivity index (χ3n) is 6.42. The van der Waals surface area contributed by atoms with Gasteiger partial charge in [0.1, 0.15) is 11.5 Å². The van der Waals surface area contributed by atoms with E-state index >= 15 is 0 Å². The highest BCUT2D eigenvalue weighted by molar-refractivity contribution is 7.89. The molecular weight excluding hydrogens is 390 g/mol. The highest BCUT2D eigenvalue weighted by atomic mass is 32.2. The van der Waals surface area contributed by atoms with Crippen LogP contribution in [0.5, 0.6) is 11.5 Å². The lowest BCUT2D eigenvalue weighted by Crippen LogP contribution is -2.43. The van der Waals surface area contributed by atoms with Crippen LogP contribution in [0.25, 0.3) is 0 Å². The molecule has 1 saturated heterocycles. The summed E-state index contributed by atoms with van der Waals surface area (Å²) < 4.78 is 38.4. The summed E-state index contributed by atoms with van der Waals surface area (Å²) in [6.07, 6.45) is 2.41. The Balaban J connectivity index is 1.63. The van der Waals surface area contributed by atoms with Crippen molar-refractivity contribution in [1.82, 2.24) is 4.31 Å². The first kappa shape index (κ1) is 20.2. The average molecular weight is 418 g/mol. The van der Waals surface area contributed by atoms with Crippen molar-refractivity contribution >= 4 is 10.0 Å². The monoisotopic (exact) mass is 417 g/mol. The number of sulfonamides is 1. The third kappa shape index (κ3) is 3.52. The number of hydrogen-bond donors (Lipinski definition) is 1. The molecule has 1 heterocycles. The Morgan fingerprint density at radius 2 is 1.76 bits per heavy atom. The normalized spacial score (nSPS) is 27.4. The predicted molar refractivity (Wildman–Crippen MR) is 109 cm³/mol. The lowest BCUT2D eigenvalue weighted by Gasteiger charge is -2.41. The fraction of sp³-hybridized carbons (Fsp3) is 0.455. The standard InChI is InChI=1S/C22H27NO5S/c1-27-18-8-10-20(11-9-18)29(25,26)23-14-16-5-4-12-22(24,21(16)15-23)17-6-3-7-19(13-17)28-2/h3,6-11,13,16,21,24H,4-5,12,14-15H2,1-2H3/t16-,21+,22+/m0/s1. The highest BCUT2D eigenvalue weighted by Crippen LogP contribution is 2.49. The van der Waals surface area contributed by atoms with Crippen LogP contribution in [0.4, 0.5) is 0 Å². The minimum absolute atomic E-state index is 0.132. The molecule has 2 aromatic rings. The van der Waals surface area contributed by atoms with Gasteiger partial charge >= 0.3 is 0 Å². The topological polar surface area (TPSA) is 76.1 Å². The van der Waals surface area contributed by atoms with Crippen molar-refractivity contribution in [2.24, 2.45) is 11.8 Å². The second-order valence-electron chi connectivity index (χ2n) is 7.91. The Bertz CT molecular complexity index is 975. The van der Waals surface area contributed by atoms with Gasteiger partial charge in [0.05, 0.1) is 24.7 Å². The Kier molecular flexibility index (Phi) is 5.31. The molecule has 0 spiro atoms. The Morgan fingerprint density at radius 1 is 1.03 bits per heavy atom. The molecule has 0 radical (unpaired) electrons. The maximum atomic E-state index is 13.2. The number of benzene rings is 2. The van der Waals surface area contributed by atoms with Crippen molar-refractivity contribution in [1.29, 1.82) is 0 Å². The second-order valence-corrected chi connectivity index (χ2v) is 9.85. The third-order valence-corrected chi connectivity index (χ3v) is 8.27. The molecule has 2 aromatic carbocycles.